The zero-order valence-electron chi connectivity index (χ0n) is 20.0. The van der Waals surface area contributed by atoms with Gasteiger partial charge in [-0.2, -0.15) is 10.6 Å². The van der Waals surface area contributed by atoms with E-state index in [2.05, 4.69) is 27.4 Å². The third kappa shape index (κ3) is 4.33. The molecule has 1 amide bonds. The molecule has 2 unspecified atom stereocenters. The largest absolute Gasteiger partial charge is 0.366 e. The van der Waals surface area contributed by atoms with E-state index >= 15 is 0 Å². The van der Waals surface area contributed by atoms with Crippen LogP contribution in [-0.4, -0.2) is 48.5 Å². The lowest BCUT2D eigenvalue weighted by atomic mass is 9.89. The van der Waals surface area contributed by atoms with Gasteiger partial charge in [0.15, 0.2) is 0 Å². The summed E-state index contributed by atoms with van der Waals surface area (Å²) in [7, 11) is -2.48. The van der Waals surface area contributed by atoms with Gasteiger partial charge in [0.2, 0.25) is 0 Å². The minimum Gasteiger partial charge on any atom is -0.366 e. The number of carbonyl (C=O) groups is 1. The van der Waals surface area contributed by atoms with Crippen molar-refractivity contribution in [1.82, 2.24) is 9.88 Å². The maximum Gasteiger partial charge on any atom is 0.250 e. The Bertz CT molecular complexity index is 1230. The fraction of sp³-hybridized carbons (Fsp3) is 0.519. The number of carbonyl (C=O) groups excluding carboxylic acids is 1. The van der Waals surface area contributed by atoms with E-state index in [1.54, 1.807) is 11.3 Å². The Morgan fingerprint density at radius 3 is 2.46 bits per heavy atom. The van der Waals surface area contributed by atoms with Crippen molar-refractivity contribution >= 4 is 38.7 Å². The quantitative estimate of drug-likeness (QED) is 0.311. The SMILES string of the molecule is NC(=O)c1cc(-c2csc(CN3CCCCCC3)c2)cc2c(C3CC4CCC(C3)S4(O)O)c[nH]c12. The van der Waals surface area contributed by atoms with Gasteiger partial charge in [0.05, 0.1) is 11.1 Å². The predicted molar refractivity (Wildman–Crippen MR) is 146 cm³/mol. The molecule has 1 aromatic carbocycles. The number of nitrogens with one attached hydrogen (secondary N) is 1. The molecule has 188 valence electrons. The maximum absolute atomic E-state index is 12.4. The summed E-state index contributed by atoms with van der Waals surface area (Å²) in [6, 6.07) is 6.38. The highest BCUT2D eigenvalue weighted by atomic mass is 32.3. The molecule has 6 rings (SSSR count). The molecule has 35 heavy (non-hydrogen) atoms. The predicted octanol–water partition coefficient (Wildman–Crippen LogP) is 6.53. The van der Waals surface area contributed by atoms with Crippen molar-refractivity contribution in [3.8, 4) is 11.1 Å². The molecular weight excluding hydrogens is 478 g/mol. The van der Waals surface area contributed by atoms with Crippen molar-refractivity contribution in [3.63, 3.8) is 0 Å². The molecule has 6 nitrogen and oxygen atoms in total. The first-order chi connectivity index (χ1) is 16.9. The fourth-order valence-electron chi connectivity index (χ4n) is 6.58. The van der Waals surface area contributed by atoms with E-state index in [0.717, 1.165) is 54.3 Å². The summed E-state index contributed by atoms with van der Waals surface area (Å²) < 4.78 is 21.2. The van der Waals surface area contributed by atoms with Gasteiger partial charge < -0.3 is 10.7 Å². The number of hydrogen-bond acceptors (Lipinski definition) is 5. The van der Waals surface area contributed by atoms with E-state index in [9.17, 15) is 13.9 Å². The van der Waals surface area contributed by atoms with Gasteiger partial charge in [-0.05, 0) is 97.8 Å². The number of rotatable bonds is 5. The second-order valence-electron chi connectivity index (χ2n) is 10.7. The normalized spacial score (nSPS) is 27.7. The first-order valence-electron chi connectivity index (χ1n) is 12.9. The highest BCUT2D eigenvalue weighted by Crippen LogP contribution is 2.66. The number of fused-ring (bicyclic) bond motifs is 3. The molecule has 3 saturated heterocycles. The molecule has 3 aliphatic rings. The summed E-state index contributed by atoms with van der Waals surface area (Å²) in [5.41, 5.74) is 10.5. The lowest BCUT2D eigenvalue weighted by molar-refractivity contribution is 0.100. The number of nitrogens with zero attached hydrogens (tertiary/aromatic N) is 1. The average Bonchev–Trinajstić information content (AvgIpc) is 3.39. The van der Waals surface area contributed by atoms with E-state index in [1.165, 1.54) is 49.2 Å². The highest BCUT2D eigenvalue weighted by molar-refractivity contribution is 8.25. The molecule has 5 N–H and O–H groups in total. The standard InChI is InChI=1S/C27H35N3O3S2/c28-27(31)24-13-17(19-9-20(34-16-19)15-30-7-3-1-2-4-8-30)12-23-25(14-29-26(23)24)18-10-21-5-6-22(11-18)35(21,32)33/h9,12-14,16,18,21-22,29,32-33H,1-8,10-11,15H2,(H2,28,31). The Balaban J connectivity index is 1.33. The minimum atomic E-state index is -2.48. The summed E-state index contributed by atoms with van der Waals surface area (Å²) in [6.07, 6.45) is 10.6. The first kappa shape index (κ1) is 23.6. The molecule has 0 spiro atoms. The first-order valence-corrected chi connectivity index (χ1v) is 15.5. The Morgan fingerprint density at radius 2 is 1.77 bits per heavy atom. The second kappa shape index (κ2) is 9.23. The number of nitrogens with two attached hydrogens (primary N) is 1. The number of thiophene rings is 1. The van der Waals surface area contributed by atoms with Gasteiger partial charge in [-0.1, -0.05) is 12.8 Å². The molecule has 2 aromatic heterocycles. The average molecular weight is 514 g/mol. The van der Waals surface area contributed by atoms with Gasteiger partial charge in [0.25, 0.3) is 5.91 Å². The zero-order chi connectivity index (χ0) is 24.2. The van der Waals surface area contributed by atoms with E-state index < -0.39 is 16.5 Å². The minimum absolute atomic E-state index is 0.00610. The van der Waals surface area contributed by atoms with Crippen LogP contribution in [-0.2, 0) is 6.54 Å². The molecule has 2 bridgehead atoms. The third-order valence-corrected chi connectivity index (χ3v) is 12.2. The summed E-state index contributed by atoms with van der Waals surface area (Å²) in [4.78, 5) is 19.7. The van der Waals surface area contributed by atoms with Crippen molar-refractivity contribution in [3.05, 3.63) is 45.8 Å². The van der Waals surface area contributed by atoms with Crippen molar-refractivity contribution in [2.45, 2.75) is 74.3 Å². The monoisotopic (exact) mass is 513 g/mol. The second-order valence-corrected chi connectivity index (χ2v) is 14.3. The molecule has 3 aliphatic heterocycles. The van der Waals surface area contributed by atoms with Crippen molar-refractivity contribution in [1.29, 1.82) is 0 Å². The summed E-state index contributed by atoms with van der Waals surface area (Å²) in [5.74, 6) is -0.165. The van der Waals surface area contributed by atoms with Crippen molar-refractivity contribution < 1.29 is 13.9 Å². The van der Waals surface area contributed by atoms with E-state index in [4.69, 9.17) is 5.73 Å². The Kier molecular flexibility index (Phi) is 6.21. The number of benzene rings is 1. The molecule has 3 fully saturated rings. The molecule has 2 atom stereocenters. The molecule has 0 saturated carbocycles. The van der Waals surface area contributed by atoms with Gasteiger partial charge in [-0.15, -0.1) is 11.3 Å². The number of H-pyrrole nitrogens is 1. The molecule has 3 aromatic rings. The van der Waals surface area contributed by atoms with Crippen LogP contribution in [0.15, 0.2) is 29.8 Å². The van der Waals surface area contributed by atoms with Crippen LogP contribution in [0.1, 0.15) is 78.1 Å². The van der Waals surface area contributed by atoms with Gasteiger partial charge in [0, 0.05) is 33.5 Å². The van der Waals surface area contributed by atoms with Crippen LogP contribution in [0.4, 0.5) is 0 Å². The highest BCUT2D eigenvalue weighted by Gasteiger charge is 2.47. The Labute approximate surface area is 212 Å². The van der Waals surface area contributed by atoms with Gasteiger partial charge in [-0.3, -0.25) is 18.8 Å². The maximum atomic E-state index is 12.4. The third-order valence-electron chi connectivity index (χ3n) is 8.48. The van der Waals surface area contributed by atoms with Crippen LogP contribution in [0.25, 0.3) is 22.0 Å². The molecular formula is C27H35N3O3S2. The summed E-state index contributed by atoms with van der Waals surface area (Å²) in [6.45, 7) is 3.33. The lowest BCUT2D eigenvalue weighted by Crippen LogP contribution is -2.28. The van der Waals surface area contributed by atoms with E-state index in [-0.39, 0.29) is 16.4 Å². The fourth-order valence-corrected chi connectivity index (χ4v) is 10.1. The van der Waals surface area contributed by atoms with Crippen molar-refractivity contribution in [2.75, 3.05) is 13.1 Å². The molecule has 8 heteroatoms. The molecule has 0 radical (unpaired) electrons. The van der Waals surface area contributed by atoms with Crippen LogP contribution in [0.5, 0.6) is 0 Å². The topological polar surface area (TPSA) is 103 Å². The van der Waals surface area contributed by atoms with Crippen LogP contribution >= 0.6 is 21.9 Å². The number of amides is 1. The van der Waals surface area contributed by atoms with Crippen LogP contribution < -0.4 is 5.73 Å². The molecule has 5 heterocycles. The number of aromatic nitrogens is 1. The van der Waals surface area contributed by atoms with Gasteiger partial charge >= 0.3 is 0 Å². The smallest absolute Gasteiger partial charge is 0.250 e. The number of likely N-dealkylation sites (tertiary alicyclic amines) is 1. The van der Waals surface area contributed by atoms with E-state index in [1.807, 2.05) is 12.3 Å². The van der Waals surface area contributed by atoms with Crippen molar-refractivity contribution in [2.24, 2.45) is 5.73 Å². The Hall–Kier alpha value is -1.84. The number of hydrogen-bond donors (Lipinski definition) is 4. The summed E-state index contributed by atoms with van der Waals surface area (Å²) in [5, 5.41) is 3.22. The van der Waals surface area contributed by atoms with E-state index in [0.29, 0.717) is 5.56 Å². The van der Waals surface area contributed by atoms with Gasteiger partial charge in [0.1, 0.15) is 0 Å². The van der Waals surface area contributed by atoms with Crippen LogP contribution in [0, 0.1) is 0 Å². The molecule has 0 aliphatic carbocycles. The zero-order valence-corrected chi connectivity index (χ0v) is 21.7. The van der Waals surface area contributed by atoms with Gasteiger partial charge in [-0.25, -0.2) is 0 Å². The van der Waals surface area contributed by atoms with Crippen LogP contribution in [0.3, 0.4) is 0 Å². The number of primary amides is 1. The summed E-state index contributed by atoms with van der Waals surface area (Å²) >= 11 is 1.79. The van der Waals surface area contributed by atoms with Crippen LogP contribution in [0.2, 0.25) is 0 Å². The number of aromatic amines is 1. The Morgan fingerprint density at radius 1 is 1.06 bits per heavy atom. The lowest BCUT2D eigenvalue weighted by Gasteiger charge is -2.46.